The van der Waals surface area contributed by atoms with E-state index in [0.717, 1.165) is 18.2 Å². The van der Waals surface area contributed by atoms with E-state index in [-0.39, 0.29) is 36.9 Å². The van der Waals surface area contributed by atoms with Crippen LogP contribution in [0.2, 0.25) is 0 Å². The van der Waals surface area contributed by atoms with Gasteiger partial charge in [0.1, 0.15) is 0 Å². The lowest BCUT2D eigenvalue weighted by atomic mass is 10.1. The van der Waals surface area contributed by atoms with Crippen LogP contribution in [0.4, 0.5) is 18.9 Å². The Balaban J connectivity index is 1.69. The fourth-order valence-electron chi connectivity index (χ4n) is 3.14. The average molecular weight is 486 g/mol. The van der Waals surface area contributed by atoms with Crippen molar-refractivity contribution in [3.05, 3.63) is 59.2 Å². The highest BCUT2D eigenvalue weighted by molar-refractivity contribution is 7.89. The Morgan fingerprint density at radius 1 is 1.12 bits per heavy atom. The summed E-state index contributed by atoms with van der Waals surface area (Å²) in [5.74, 6) is -2.14. The van der Waals surface area contributed by atoms with E-state index in [1.54, 1.807) is 6.92 Å². The third-order valence-electron chi connectivity index (χ3n) is 4.88. The van der Waals surface area contributed by atoms with Crippen LogP contribution in [0.5, 0.6) is 0 Å². The Labute approximate surface area is 188 Å². The van der Waals surface area contributed by atoms with Crippen LogP contribution < -0.4 is 5.32 Å². The number of sulfonamides is 1. The predicted octanol–water partition coefficient (Wildman–Crippen LogP) is 2.83. The van der Waals surface area contributed by atoms with Crippen molar-refractivity contribution >= 4 is 27.6 Å². The number of morpholine rings is 1. The van der Waals surface area contributed by atoms with Gasteiger partial charge in [-0.05, 0) is 36.8 Å². The monoisotopic (exact) mass is 486 g/mol. The van der Waals surface area contributed by atoms with Crippen LogP contribution in [0, 0.1) is 6.92 Å². The molecule has 0 saturated carbocycles. The quantitative estimate of drug-likeness (QED) is 0.630. The van der Waals surface area contributed by atoms with Crippen LogP contribution in [0.1, 0.15) is 21.5 Å². The Kier molecular flexibility index (Phi) is 7.40. The molecule has 1 aliphatic heterocycles. The number of esters is 1. The SMILES string of the molecule is Cc1ccc(S(=O)(=O)N2CCOCC2)cc1NC(=O)COC(=O)c1ccccc1C(F)(F)F. The lowest BCUT2D eigenvalue weighted by Crippen LogP contribution is -2.40. The molecule has 1 heterocycles. The molecule has 0 spiro atoms. The summed E-state index contributed by atoms with van der Waals surface area (Å²) < 4.78 is 76.0. The number of anilines is 1. The summed E-state index contributed by atoms with van der Waals surface area (Å²) in [6, 6.07) is 8.26. The van der Waals surface area contributed by atoms with Crippen molar-refractivity contribution in [1.29, 1.82) is 0 Å². The number of halogens is 3. The first kappa shape index (κ1) is 24.7. The van der Waals surface area contributed by atoms with E-state index in [1.165, 1.54) is 28.6 Å². The van der Waals surface area contributed by atoms with Crippen molar-refractivity contribution in [2.75, 3.05) is 38.2 Å². The minimum atomic E-state index is -4.76. The van der Waals surface area contributed by atoms with Crippen LogP contribution >= 0.6 is 0 Å². The predicted molar refractivity (Wildman–Crippen MR) is 111 cm³/mol. The van der Waals surface area contributed by atoms with E-state index in [2.05, 4.69) is 5.32 Å². The van der Waals surface area contributed by atoms with Crippen LogP contribution in [0.15, 0.2) is 47.4 Å². The average Bonchev–Trinajstić information content (AvgIpc) is 2.79. The highest BCUT2D eigenvalue weighted by Gasteiger charge is 2.35. The summed E-state index contributed by atoms with van der Waals surface area (Å²) in [7, 11) is -3.81. The number of hydrogen-bond donors (Lipinski definition) is 1. The number of hydrogen-bond acceptors (Lipinski definition) is 6. The molecule has 0 atom stereocenters. The smallest absolute Gasteiger partial charge is 0.417 e. The number of nitrogens with one attached hydrogen (secondary N) is 1. The fraction of sp³-hybridized carbons (Fsp3) is 0.333. The first-order chi connectivity index (χ1) is 15.5. The molecule has 0 bridgehead atoms. The van der Waals surface area contributed by atoms with Crippen molar-refractivity contribution in [2.45, 2.75) is 18.0 Å². The molecule has 0 unspecified atom stereocenters. The summed E-state index contributed by atoms with van der Waals surface area (Å²) in [6.45, 7) is 1.73. The molecule has 12 heteroatoms. The van der Waals surface area contributed by atoms with Gasteiger partial charge in [0.2, 0.25) is 10.0 Å². The number of nitrogens with zero attached hydrogens (tertiary/aromatic N) is 1. The summed E-state index contributed by atoms with van der Waals surface area (Å²) in [6.07, 6.45) is -4.76. The summed E-state index contributed by atoms with van der Waals surface area (Å²) in [5.41, 5.74) is -1.18. The first-order valence-corrected chi connectivity index (χ1v) is 11.3. The number of ether oxygens (including phenoxy) is 2. The molecule has 0 radical (unpaired) electrons. The lowest BCUT2D eigenvalue weighted by Gasteiger charge is -2.26. The lowest BCUT2D eigenvalue weighted by molar-refractivity contribution is -0.138. The van der Waals surface area contributed by atoms with Gasteiger partial charge >= 0.3 is 12.1 Å². The van der Waals surface area contributed by atoms with E-state index in [1.807, 2.05) is 0 Å². The number of amides is 1. The van der Waals surface area contributed by atoms with Crippen LogP contribution in [-0.4, -0.2) is 57.5 Å². The van der Waals surface area contributed by atoms with Gasteiger partial charge in [-0.15, -0.1) is 0 Å². The molecule has 2 aromatic rings. The Bertz CT molecular complexity index is 1140. The summed E-state index contributed by atoms with van der Waals surface area (Å²) in [4.78, 5) is 24.3. The molecule has 178 valence electrons. The van der Waals surface area contributed by atoms with E-state index < -0.39 is 45.8 Å². The number of carbonyl (C=O) groups is 2. The van der Waals surface area contributed by atoms with Crippen molar-refractivity contribution in [2.24, 2.45) is 0 Å². The molecular weight excluding hydrogens is 465 g/mol. The number of rotatable bonds is 6. The van der Waals surface area contributed by atoms with E-state index in [4.69, 9.17) is 9.47 Å². The molecule has 0 aliphatic carbocycles. The first-order valence-electron chi connectivity index (χ1n) is 9.82. The second-order valence-corrected chi connectivity index (χ2v) is 9.10. The zero-order valence-corrected chi connectivity index (χ0v) is 18.3. The largest absolute Gasteiger partial charge is 0.452 e. The van der Waals surface area contributed by atoms with Gasteiger partial charge in [0.25, 0.3) is 5.91 Å². The molecular formula is C21H21F3N2O6S. The highest BCUT2D eigenvalue weighted by atomic mass is 32.2. The zero-order valence-electron chi connectivity index (χ0n) is 17.5. The maximum Gasteiger partial charge on any atom is 0.417 e. The van der Waals surface area contributed by atoms with E-state index in [9.17, 15) is 31.2 Å². The number of alkyl halides is 3. The second kappa shape index (κ2) is 9.89. The van der Waals surface area contributed by atoms with E-state index in [0.29, 0.717) is 5.56 Å². The molecule has 1 N–H and O–H groups in total. The number of benzene rings is 2. The molecule has 1 saturated heterocycles. The van der Waals surface area contributed by atoms with Gasteiger partial charge in [-0.25, -0.2) is 13.2 Å². The molecule has 8 nitrogen and oxygen atoms in total. The fourth-order valence-corrected chi connectivity index (χ4v) is 4.57. The minimum Gasteiger partial charge on any atom is -0.452 e. The van der Waals surface area contributed by atoms with Gasteiger partial charge in [-0.1, -0.05) is 18.2 Å². The van der Waals surface area contributed by atoms with Gasteiger partial charge in [-0.3, -0.25) is 4.79 Å². The molecule has 3 rings (SSSR count). The van der Waals surface area contributed by atoms with Gasteiger partial charge in [-0.2, -0.15) is 17.5 Å². The van der Waals surface area contributed by atoms with Crippen molar-refractivity contribution in [3.8, 4) is 0 Å². The van der Waals surface area contributed by atoms with E-state index >= 15 is 0 Å². The normalized spacial score (nSPS) is 15.2. The van der Waals surface area contributed by atoms with Crippen molar-refractivity contribution in [3.63, 3.8) is 0 Å². The van der Waals surface area contributed by atoms with Crippen molar-refractivity contribution < 1.29 is 40.7 Å². The highest BCUT2D eigenvalue weighted by Crippen LogP contribution is 2.32. The number of carbonyl (C=O) groups excluding carboxylic acids is 2. The van der Waals surface area contributed by atoms with Gasteiger partial charge < -0.3 is 14.8 Å². The number of aryl methyl sites for hydroxylation is 1. The third-order valence-corrected chi connectivity index (χ3v) is 6.77. The van der Waals surface area contributed by atoms with Gasteiger partial charge in [0.05, 0.1) is 29.2 Å². The Morgan fingerprint density at radius 3 is 2.45 bits per heavy atom. The van der Waals surface area contributed by atoms with Crippen LogP contribution in [0.3, 0.4) is 0 Å². The van der Waals surface area contributed by atoms with Gasteiger partial charge in [0, 0.05) is 18.8 Å². The van der Waals surface area contributed by atoms with Crippen LogP contribution in [-0.2, 0) is 30.5 Å². The van der Waals surface area contributed by atoms with Gasteiger partial charge in [0.15, 0.2) is 6.61 Å². The second-order valence-electron chi connectivity index (χ2n) is 7.16. The zero-order chi connectivity index (χ0) is 24.2. The maximum absolute atomic E-state index is 13.1. The molecule has 1 aliphatic rings. The molecule has 1 fully saturated rings. The summed E-state index contributed by atoms with van der Waals surface area (Å²) >= 11 is 0. The Hall–Kier alpha value is -2.96. The topological polar surface area (TPSA) is 102 Å². The molecule has 2 aromatic carbocycles. The van der Waals surface area contributed by atoms with Crippen LogP contribution in [0.25, 0.3) is 0 Å². The third kappa shape index (κ3) is 5.89. The molecule has 33 heavy (non-hydrogen) atoms. The Morgan fingerprint density at radius 2 is 1.79 bits per heavy atom. The molecule has 0 aromatic heterocycles. The standard InChI is InChI=1S/C21H21F3N2O6S/c1-14-6-7-15(33(29,30)26-8-10-31-11-9-26)12-18(14)25-19(27)13-32-20(28)16-4-2-3-5-17(16)21(22,23)24/h2-7,12H,8-11,13H2,1H3,(H,25,27). The molecule has 1 amide bonds. The summed E-state index contributed by atoms with van der Waals surface area (Å²) in [5, 5.41) is 2.43. The maximum atomic E-state index is 13.1. The van der Waals surface area contributed by atoms with Crippen molar-refractivity contribution in [1.82, 2.24) is 4.31 Å². The minimum absolute atomic E-state index is 0.0404.